The van der Waals surface area contributed by atoms with Gasteiger partial charge in [0.2, 0.25) is 0 Å². The standard InChI is InChI=1S/C17H21N3/c1-12-11-14(20(2)3)7-9-15(12)19-16-8-6-13-5-4-10-18-17(13)16/h4-5,7,9-11,16,19H,6,8H2,1-3H3. The fraction of sp³-hybridized carbons (Fsp3) is 0.353. The Morgan fingerprint density at radius 1 is 1.25 bits per heavy atom. The van der Waals surface area contributed by atoms with Crippen molar-refractivity contribution >= 4 is 11.4 Å². The van der Waals surface area contributed by atoms with Crippen molar-refractivity contribution in [2.75, 3.05) is 24.3 Å². The number of benzene rings is 1. The number of aromatic nitrogens is 1. The van der Waals surface area contributed by atoms with Crippen LogP contribution in [0.3, 0.4) is 0 Å². The molecule has 1 aliphatic rings. The molecule has 1 unspecified atom stereocenters. The molecule has 0 saturated heterocycles. The van der Waals surface area contributed by atoms with Crippen LogP contribution < -0.4 is 10.2 Å². The molecule has 104 valence electrons. The number of hydrogen-bond acceptors (Lipinski definition) is 3. The van der Waals surface area contributed by atoms with Gasteiger partial charge in [0, 0.05) is 31.7 Å². The van der Waals surface area contributed by atoms with Crippen molar-refractivity contribution in [2.24, 2.45) is 0 Å². The van der Waals surface area contributed by atoms with E-state index >= 15 is 0 Å². The lowest BCUT2D eigenvalue weighted by Crippen LogP contribution is -2.11. The van der Waals surface area contributed by atoms with Crippen LogP contribution in [0.25, 0.3) is 0 Å². The molecule has 0 aliphatic heterocycles. The van der Waals surface area contributed by atoms with Crippen LogP contribution in [-0.4, -0.2) is 19.1 Å². The lowest BCUT2D eigenvalue weighted by molar-refractivity contribution is 0.745. The molecule has 3 heteroatoms. The minimum Gasteiger partial charge on any atom is -0.378 e. The maximum atomic E-state index is 4.54. The molecule has 0 fully saturated rings. The zero-order valence-electron chi connectivity index (χ0n) is 12.4. The van der Waals surface area contributed by atoms with Gasteiger partial charge in [-0.05, 0) is 55.2 Å². The average molecular weight is 267 g/mol. The number of aryl methyl sites for hydroxylation is 2. The van der Waals surface area contributed by atoms with Crippen molar-refractivity contribution in [3.05, 3.63) is 53.3 Å². The van der Waals surface area contributed by atoms with Gasteiger partial charge in [-0.2, -0.15) is 0 Å². The summed E-state index contributed by atoms with van der Waals surface area (Å²) in [6, 6.07) is 11.1. The molecular weight excluding hydrogens is 246 g/mol. The average Bonchev–Trinajstić information content (AvgIpc) is 2.84. The number of fused-ring (bicyclic) bond motifs is 1. The number of anilines is 2. The Balaban J connectivity index is 1.83. The highest BCUT2D eigenvalue weighted by Crippen LogP contribution is 2.33. The predicted octanol–water partition coefficient (Wildman–Crippen LogP) is 3.56. The molecule has 3 rings (SSSR count). The summed E-state index contributed by atoms with van der Waals surface area (Å²) in [6.45, 7) is 2.16. The maximum Gasteiger partial charge on any atom is 0.0691 e. The number of nitrogens with one attached hydrogen (secondary N) is 1. The van der Waals surface area contributed by atoms with Crippen LogP contribution in [0.5, 0.6) is 0 Å². The Kier molecular flexibility index (Phi) is 3.35. The van der Waals surface area contributed by atoms with Gasteiger partial charge >= 0.3 is 0 Å². The summed E-state index contributed by atoms with van der Waals surface area (Å²) in [6.07, 6.45) is 4.14. The fourth-order valence-corrected chi connectivity index (χ4v) is 2.83. The van der Waals surface area contributed by atoms with Crippen LogP contribution in [0.1, 0.15) is 29.3 Å². The molecule has 1 atom stereocenters. The van der Waals surface area contributed by atoms with Crippen LogP contribution in [0.4, 0.5) is 11.4 Å². The first kappa shape index (κ1) is 13.0. The number of pyridine rings is 1. The van der Waals surface area contributed by atoms with Crippen LogP contribution in [0, 0.1) is 6.92 Å². The molecule has 0 bridgehead atoms. The molecule has 0 saturated carbocycles. The Labute approximate surface area is 120 Å². The highest BCUT2D eigenvalue weighted by Gasteiger charge is 2.23. The molecular formula is C17H21N3. The summed E-state index contributed by atoms with van der Waals surface area (Å²) in [5, 5.41) is 3.65. The van der Waals surface area contributed by atoms with E-state index in [1.54, 1.807) is 0 Å². The Hall–Kier alpha value is -2.03. The SMILES string of the molecule is Cc1cc(N(C)C)ccc1NC1CCc2cccnc21. The molecule has 0 amide bonds. The molecule has 3 nitrogen and oxygen atoms in total. The van der Waals surface area contributed by atoms with Gasteiger partial charge in [-0.3, -0.25) is 4.98 Å². The Morgan fingerprint density at radius 3 is 2.85 bits per heavy atom. The van der Waals surface area contributed by atoms with Gasteiger partial charge in [0.05, 0.1) is 11.7 Å². The molecule has 1 aromatic heterocycles. The number of rotatable bonds is 3. The smallest absolute Gasteiger partial charge is 0.0691 e. The summed E-state index contributed by atoms with van der Waals surface area (Å²) < 4.78 is 0. The van der Waals surface area contributed by atoms with Crippen molar-refractivity contribution < 1.29 is 0 Å². The minimum atomic E-state index is 0.343. The molecule has 2 aromatic rings. The quantitative estimate of drug-likeness (QED) is 0.921. The van der Waals surface area contributed by atoms with Gasteiger partial charge in [0.25, 0.3) is 0 Å². The van der Waals surface area contributed by atoms with Crippen LogP contribution in [0.15, 0.2) is 36.5 Å². The topological polar surface area (TPSA) is 28.2 Å². The first-order valence-electron chi connectivity index (χ1n) is 7.13. The lowest BCUT2D eigenvalue weighted by Gasteiger charge is -2.19. The van der Waals surface area contributed by atoms with Gasteiger partial charge in [-0.15, -0.1) is 0 Å². The van der Waals surface area contributed by atoms with Crippen LogP contribution in [0.2, 0.25) is 0 Å². The Bertz CT molecular complexity index is 619. The zero-order valence-corrected chi connectivity index (χ0v) is 12.4. The maximum absolute atomic E-state index is 4.54. The van der Waals surface area contributed by atoms with Gasteiger partial charge < -0.3 is 10.2 Å². The Morgan fingerprint density at radius 2 is 2.10 bits per heavy atom. The van der Waals surface area contributed by atoms with Crippen LogP contribution >= 0.6 is 0 Å². The van der Waals surface area contributed by atoms with E-state index in [1.807, 2.05) is 12.3 Å². The van der Waals surface area contributed by atoms with E-state index in [9.17, 15) is 0 Å². The zero-order chi connectivity index (χ0) is 14.1. The third-order valence-electron chi connectivity index (χ3n) is 4.01. The van der Waals surface area contributed by atoms with E-state index in [2.05, 4.69) is 60.5 Å². The molecule has 0 spiro atoms. The molecule has 0 radical (unpaired) electrons. The van der Waals surface area contributed by atoms with Crippen molar-refractivity contribution in [2.45, 2.75) is 25.8 Å². The molecule has 1 N–H and O–H groups in total. The summed E-state index contributed by atoms with van der Waals surface area (Å²) in [5.74, 6) is 0. The second kappa shape index (κ2) is 5.16. The fourth-order valence-electron chi connectivity index (χ4n) is 2.83. The van der Waals surface area contributed by atoms with E-state index in [1.165, 1.54) is 28.2 Å². The number of hydrogen-bond donors (Lipinski definition) is 1. The first-order valence-corrected chi connectivity index (χ1v) is 7.13. The lowest BCUT2D eigenvalue weighted by atomic mass is 10.1. The molecule has 1 aliphatic carbocycles. The van der Waals surface area contributed by atoms with Gasteiger partial charge in [0.15, 0.2) is 0 Å². The van der Waals surface area contributed by atoms with E-state index < -0.39 is 0 Å². The normalized spacial score (nSPS) is 16.9. The van der Waals surface area contributed by atoms with E-state index in [4.69, 9.17) is 0 Å². The summed E-state index contributed by atoms with van der Waals surface area (Å²) in [4.78, 5) is 6.67. The summed E-state index contributed by atoms with van der Waals surface area (Å²) >= 11 is 0. The predicted molar refractivity (Wildman–Crippen MR) is 84.4 cm³/mol. The van der Waals surface area contributed by atoms with Gasteiger partial charge in [-0.1, -0.05) is 6.07 Å². The first-order chi connectivity index (χ1) is 9.65. The monoisotopic (exact) mass is 267 g/mol. The second-order valence-corrected chi connectivity index (χ2v) is 5.68. The van der Waals surface area contributed by atoms with Crippen molar-refractivity contribution in [1.29, 1.82) is 0 Å². The van der Waals surface area contributed by atoms with E-state index in [0.29, 0.717) is 6.04 Å². The largest absolute Gasteiger partial charge is 0.378 e. The van der Waals surface area contributed by atoms with Crippen molar-refractivity contribution in [1.82, 2.24) is 4.98 Å². The van der Waals surface area contributed by atoms with Gasteiger partial charge in [0.1, 0.15) is 0 Å². The summed E-state index contributed by atoms with van der Waals surface area (Å²) in [7, 11) is 4.14. The molecule has 1 heterocycles. The van der Waals surface area contributed by atoms with Crippen molar-refractivity contribution in [3.8, 4) is 0 Å². The van der Waals surface area contributed by atoms with E-state index in [-0.39, 0.29) is 0 Å². The van der Waals surface area contributed by atoms with E-state index in [0.717, 1.165) is 12.8 Å². The third kappa shape index (κ3) is 2.36. The second-order valence-electron chi connectivity index (χ2n) is 5.68. The highest BCUT2D eigenvalue weighted by molar-refractivity contribution is 5.60. The molecule has 20 heavy (non-hydrogen) atoms. The third-order valence-corrected chi connectivity index (χ3v) is 4.01. The minimum absolute atomic E-state index is 0.343. The summed E-state index contributed by atoms with van der Waals surface area (Å²) in [5.41, 5.74) is 6.31. The van der Waals surface area contributed by atoms with Gasteiger partial charge in [-0.25, -0.2) is 0 Å². The van der Waals surface area contributed by atoms with Crippen LogP contribution in [-0.2, 0) is 6.42 Å². The molecule has 1 aromatic carbocycles. The van der Waals surface area contributed by atoms with Crippen molar-refractivity contribution in [3.63, 3.8) is 0 Å². The number of nitrogens with zero attached hydrogens (tertiary/aromatic N) is 2. The highest BCUT2D eigenvalue weighted by atomic mass is 15.1.